The van der Waals surface area contributed by atoms with E-state index in [1.165, 1.54) is 0 Å². The van der Waals surface area contributed by atoms with Gasteiger partial charge in [0, 0.05) is 11.3 Å². The van der Waals surface area contributed by atoms with Crippen molar-refractivity contribution in [1.82, 2.24) is 4.98 Å². The van der Waals surface area contributed by atoms with Gasteiger partial charge in [-0.25, -0.2) is 4.98 Å². The van der Waals surface area contributed by atoms with Gasteiger partial charge in [0.15, 0.2) is 5.58 Å². The summed E-state index contributed by atoms with van der Waals surface area (Å²) < 4.78 is 12.1. The van der Waals surface area contributed by atoms with Crippen molar-refractivity contribution in [2.75, 3.05) is 12.3 Å². The highest BCUT2D eigenvalue weighted by molar-refractivity contribution is 9.10. The van der Waals surface area contributed by atoms with Crippen LogP contribution in [0.5, 0.6) is 5.75 Å². The first-order valence-corrected chi connectivity index (χ1v) is 7.05. The normalized spacial score (nSPS) is 10.9. The molecule has 3 aromatic rings. The number of anilines is 1. The van der Waals surface area contributed by atoms with Gasteiger partial charge in [0.1, 0.15) is 11.3 Å². The van der Waals surface area contributed by atoms with Gasteiger partial charge >= 0.3 is 0 Å². The second-order valence-electron chi connectivity index (χ2n) is 4.32. The Balaban J connectivity index is 2.04. The van der Waals surface area contributed by atoms with E-state index < -0.39 is 0 Å². The molecule has 0 spiro atoms. The van der Waals surface area contributed by atoms with Crippen molar-refractivity contribution in [2.45, 2.75) is 6.92 Å². The maximum absolute atomic E-state index is 5.74. The quantitative estimate of drug-likeness (QED) is 0.729. The summed E-state index contributed by atoms with van der Waals surface area (Å²) in [6.07, 6.45) is 0. The van der Waals surface area contributed by atoms with Gasteiger partial charge in [-0.05, 0) is 59.3 Å². The fourth-order valence-electron chi connectivity index (χ4n) is 1.97. The third-order valence-corrected chi connectivity index (χ3v) is 3.51. The average Bonchev–Trinajstić information content (AvgIpc) is 2.84. The van der Waals surface area contributed by atoms with Crippen LogP contribution in [-0.4, -0.2) is 11.6 Å². The van der Waals surface area contributed by atoms with Crippen LogP contribution in [0.2, 0.25) is 0 Å². The minimum absolute atomic E-state index is 0.564. The Hall–Kier alpha value is -2.01. The van der Waals surface area contributed by atoms with E-state index in [0.29, 0.717) is 18.2 Å². The van der Waals surface area contributed by atoms with Gasteiger partial charge in [-0.2, -0.15) is 0 Å². The van der Waals surface area contributed by atoms with Crippen LogP contribution >= 0.6 is 15.9 Å². The second-order valence-corrected chi connectivity index (χ2v) is 5.18. The number of hydrogen-bond donors (Lipinski definition) is 1. The molecule has 4 nitrogen and oxygen atoms in total. The number of oxazole rings is 1. The number of aromatic nitrogens is 1. The smallest absolute Gasteiger partial charge is 0.227 e. The zero-order valence-electron chi connectivity index (χ0n) is 10.9. The standard InChI is InChI=1S/C15H13BrN2O2/c1-2-19-13-5-3-9(7-11(13)16)15-18-12-8-10(17)4-6-14(12)20-15/h3-8H,2,17H2,1H3. The molecule has 0 unspecified atom stereocenters. The summed E-state index contributed by atoms with van der Waals surface area (Å²) >= 11 is 3.49. The number of rotatable bonds is 3. The molecule has 20 heavy (non-hydrogen) atoms. The fourth-order valence-corrected chi connectivity index (χ4v) is 2.47. The second kappa shape index (κ2) is 5.17. The Bertz CT molecular complexity index is 768. The number of halogens is 1. The lowest BCUT2D eigenvalue weighted by Gasteiger charge is -2.06. The molecule has 1 heterocycles. The third-order valence-electron chi connectivity index (χ3n) is 2.89. The van der Waals surface area contributed by atoms with Crippen molar-refractivity contribution in [3.63, 3.8) is 0 Å². The summed E-state index contributed by atoms with van der Waals surface area (Å²) in [5.41, 5.74) is 8.78. The molecule has 0 atom stereocenters. The molecule has 0 amide bonds. The molecule has 0 saturated carbocycles. The minimum atomic E-state index is 0.564. The SMILES string of the molecule is CCOc1ccc(-c2nc3cc(N)ccc3o2)cc1Br. The van der Waals surface area contributed by atoms with Crippen molar-refractivity contribution in [3.8, 4) is 17.2 Å². The lowest BCUT2D eigenvalue weighted by atomic mass is 10.2. The largest absolute Gasteiger partial charge is 0.493 e. The number of nitrogens with zero attached hydrogens (tertiary/aromatic N) is 1. The number of benzene rings is 2. The van der Waals surface area contributed by atoms with Crippen molar-refractivity contribution in [1.29, 1.82) is 0 Å². The summed E-state index contributed by atoms with van der Waals surface area (Å²) in [6.45, 7) is 2.58. The number of nitrogens with two attached hydrogens (primary N) is 1. The van der Waals surface area contributed by atoms with Gasteiger partial charge in [-0.3, -0.25) is 0 Å². The Morgan fingerprint density at radius 3 is 2.85 bits per heavy atom. The predicted molar refractivity (Wildman–Crippen MR) is 82.7 cm³/mol. The molecule has 0 fully saturated rings. The molecular formula is C15H13BrN2O2. The molecule has 0 bridgehead atoms. The van der Waals surface area contributed by atoms with Crippen molar-refractivity contribution < 1.29 is 9.15 Å². The molecule has 1 aromatic heterocycles. The van der Waals surface area contributed by atoms with Crippen molar-refractivity contribution in [2.24, 2.45) is 0 Å². The van der Waals surface area contributed by atoms with E-state index >= 15 is 0 Å². The molecule has 2 aromatic carbocycles. The van der Waals surface area contributed by atoms with Crippen LogP contribution in [-0.2, 0) is 0 Å². The average molecular weight is 333 g/mol. The Labute approximate surface area is 124 Å². The Morgan fingerprint density at radius 2 is 2.10 bits per heavy atom. The lowest BCUT2D eigenvalue weighted by molar-refractivity contribution is 0.338. The summed E-state index contributed by atoms with van der Waals surface area (Å²) in [5, 5.41) is 0. The maximum Gasteiger partial charge on any atom is 0.227 e. The fraction of sp³-hybridized carbons (Fsp3) is 0.133. The Kier molecular flexibility index (Phi) is 3.36. The van der Waals surface area contributed by atoms with Crippen LogP contribution in [0.25, 0.3) is 22.6 Å². The highest BCUT2D eigenvalue weighted by Gasteiger charge is 2.10. The van der Waals surface area contributed by atoms with E-state index in [0.717, 1.165) is 26.9 Å². The van der Waals surface area contributed by atoms with Crippen LogP contribution in [0.1, 0.15) is 6.92 Å². The lowest BCUT2D eigenvalue weighted by Crippen LogP contribution is -1.92. The van der Waals surface area contributed by atoms with E-state index in [2.05, 4.69) is 20.9 Å². The van der Waals surface area contributed by atoms with Crippen LogP contribution in [0.3, 0.4) is 0 Å². The molecule has 0 saturated heterocycles. The van der Waals surface area contributed by atoms with Crippen molar-refractivity contribution >= 4 is 32.7 Å². The number of ether oxygens (including phenoxy) is 1. The molecule has 5 heteroatoms. The zero-order valence-corrected chi connectivity index (χ0v) is 12.5. The van der Waals surface area contributed by atoms with E-state index in [-0.39, 0.29) is 0 Å². The third kappa shape index (κ3) is 2.36. The summed E-state index contributed by atoms with van der Waals surface area (Å²) in [7, 11) is 0. The number of hydrogen-bond acceptors (Lipinski definition) is 4. The van der Waals surface area contributed by atoms with E-state index in [1.807, 2.05) is 31.2 Å². The summed E-state index contributed by atoms with van der Waals surface area (Å²) in [4.78, 5) is 4.45. The van der Waals surface area contributed by atoms with Gasteiger partial charge in [0.25, 0.3) is 0 Å². The van der Waals surface area contributed by atoms with E-state index in [1.54, 1.807) is 12.1 Å². The van der Waals surface area contributed by atoms with Crippen molar-refractivity contribution in [3.05, 3.63) is 40.9 Å². The summed E-state index contributed by atoms with van der Waals surface area (Å²) in [5.74, 6) is 1.37. The highest BCUT2D eigenvalue weighted by atomic mass is 79.9. The molecule has 0 aliphatic rings. The zero-order chi connectivity index (χ0) is 14.1. The van der Waals surface area contributed by atoms with Gasteiger partial charge in [-0.1, -0.05) is 0 Å². The molecule has 0 aliphatic carbocycles. The first-order valence-electron chi connectivity index (χ1n) is 6.26. The first-order chi connectivity index (χ1) is 9.67. The van der Waals surface area contributed by atoms with E-state index in [9.17, 15) is 0 Å². The van der Waals surface area contributed by atoms with Gasteiger partial charge in [-0.15, -0.1) is 0 Å². The molecule has 2 N–H and O–H groups in total. The van der Waals surface area contributed by atoms with Crippen LogP contribution in [0.4, 0.5) is 5.69 Å². The topological polar surface area (TPSA) is 61.3 Å². The molecule has 3 rings (SSSR count). The predicted octanol–water partition coefficient (Wildman–Crippen LogP) is 4.24. The molecule has 0 radical (unpaired) electrons. The van der Waals surface area contributed by atoms with Crippen LogP contribution in [0, 0.1) is 0 Å². The minimum Gasteiger partial charge on any atom is -0.493 e. The monoisotopic (exact) mass is 332 g/mol. The van der Waals surface area contributed by atoms with E-state index in [4.69, 9.17) is 14.9 Å². The summed E-state index contributed by atoms with van der Waals surface area (Å²) in [6, 6.07) is 11.2. The number of nitrogen functional groups attached to an aromatic ring is 1. The number of fused-ring (bicyclic) bond motifs is 1. The molecule has 0 aliphatic heterocycles. The van der Waals surface area contributed by atoms with Gasteiger partial charge in [0.05, 0.1) is 11.1 Å². The van der Waals surface area contributed by atoms with Crippen LogP contribution < -0.4 is 10.5 Å². The Morgan fingerprint density at radius 1 is 1.25 bits per heavy atom. The highest BCUT2D eigenvalue weighted by Crippen LogP contribution is 2.32. The molecule has 102 valence electrons. The van der Waals surface area contributed by atoms with Gasteiger partial charge in [0.2, 0.25) is 5.89 Å². The van der Waals surface area contributed by atoms with Crippen LogP contribution in [0.15, 0.2) is 45.3 Å². The first kappa shape index (κ1) is 13.0. The molecular weight excluding hydrogens is 320 g/mol. The maximum atomic E-state index is 5.74. The van der Waals surface area contributed by atoms with Gasteiger partial charge < -0.3 is 14.9 Å².